The van der Waals surface area contributed by atoms with Crippen molar-refractivity contribution in [2.45, 2.75) is 0 Å². The van der Waals surface area contributed by atoms with E-state index in [9.17, 15) is 9.59 Å². The van der Waals surface area contributed by atoms with Gasteiger partial charge >= 0.3 is 0 Å². The van der Waals surface area contributed by atoms with Gasteiger partial charge in [0.25, 0.3) is 11.8 Å². The molecule has 0 spiro atoms. The molecule has 1 aliphatic heterocycles. The van der Waals surface area contributed by atoms with Gasteiger partial charge in [-0.05, 0) is 50.0 Å². The van der Waals surface area contributed by atoms with Crippen molar-refractivity contribution < 1.29 is 9.59 Å². The lowest BCUT2D eigenvalue weighted by Crippen LogP contribution is -2.31. The van der Waals surface area contributed by atoms with Crippen LogP contribution in [0.5, 0.6) is 0 Å². The van der Waals surface area contributed by atoms with Gasteiger partial charge in [-0.15, -0.1) is 0 Å². The van der Waals surface area contributed by atoms with E-state index in [4.69, 9.17) is 0 Å². The molecule has 146 valence electrons. The molecule has 0 fully saturated rings. The van der Waals surface area contributed by atoms with E-state index < -0.39 is 0 Å². The van der Waals surface area contributed by atoms with E-state index >= 15 is 0 Å². The predicted molar refractivity (Wildman–Crippen MR) is 116 cm³/mol. The fourth-order valence-corrected chi connectivity index (χ4v) is 3.41. The molecule has 1 aliphatic rings. The van der Waals surface area contributed by atoms with E-state index in [2.05, 4.69) is 15.6 Å². The van der Waals surface area contributed by atoms with Crippen LogP contribution in [-0.4, -0.2) is 48.9 Å². The maximum absolute atomic E-state index is 12.8. The summed E-state index contributed by atoms with van der Waals surface area (Å²) < 4.78 is 0. The van der Waals surface area contributed by atoms with Crippen LogP contribution in [0.25, 0.3) is 22.6 Å². The fraction of sp³-hybridized carbons (Fsp3) is 0.174. The number of likely N-dealkylation sites (N-methyl/N-ethyl adjacent to an activating group) is 1. The first-order chi connectivity index (χ1) is 14.0. The minimum atomic E-state index is -0.174. The minimum Gasteiger partial charge on any atom is -0.351 e. The van der Waals surface area contributed by atoms with Crippen molar-refractivity contribution in [3.05, 3.63) is 71.4 Å². The second-order valence-corrected chi connectivity index (χ2v) is 7.26. The summed E-state index contributed by atoms with van der Waals surface area (Å²) in [5.74, 6) is -0.318. The Kier molecular flexibility index (Phi) is 5.10. The first-order valence-corrected chi connectivity index (χ1v) is 9.47. The Labute approximate surface area is 169 Å². The van der Waals surface area contributed by atoms with Gasteiger partial charge in [-0.2, -0.15) is 0 Å². The van der Waals surface area contributed by atoms with Crippen molar-refractivity contribution in [3.8, 4) is 0 Å². The van der Waals surface area contributed by atoms with Gasteiger partial charge in [0.2, 0.25) is 0 Å². The van der Waals surface area contributed by atoms with Crippen molar-refractivity contribution in [3.63, 3.8) is 0 Å². The number of aromatic nitrogens is 1. The van der Waals surface area contributed by atoms with E-state index in [1.54, 1.807) is 12.3 Å². The van der Waals surface area contributed by atoms with Crippen LogP contribution in [0.15, 0.2) is 54.7 Å². The lowest BCUT2D eigenvalue weighted by molar-refractivity contribution is -0.110. The first kappa shape index (κ1) is 18.8. The van der Waals surface area contributed by atoms with Gasteiger partial charge < -0.3 is 15.5 Å². The van der Waals surface area contributed by atoms with Crippen LogP contribution in [0.2, 0.25) is 0 Å². The summed E-state index contributed by atoms with van der Waals surface area (Å²) in [4.78, 5) is 31.7. The van der Waals surface area contributed by atoms with Crippen molar-refractivity contribution in [1.82, 2.24) is 15.2 Å². The molecule has 0 radical (unpaired) electrons. The van der Waals surface area contributed by atoms with Gasteiger partial charge in [0.05, 0.1) is 11.1 Å². The summed E-state index contributed by atoms with van der Waals surface area (Å²) >= 11 is 0. The average molecular weight is 386 g/mol. The van der Waals surface area contributed by atoms with Crippen LogP contribution >= 0.6 is 0 Å². The monoisotopic (exact) mass is 386 g/mol. The fourth-order valence-electron chi connectivity index (χ4n) is 3.41. The SMILES string of the molecule is CN(C)CCNC(=O)c1cc(/C=C2/C(=O)Nc3ccccc32)cc2cccnc12. The van der Waals surface area contributed by atoms with Crippen LogP contribution in [0, 0.1) is 0 Å². The average Bonchev–Trinajstić information content (AvgIpc) is 3.02. The summed E-state index contributed by atoms with van der Waals surface area (Å²) in [6.45, 7) is 1.29. The third-order valence-corrected chi connectivity index (χ3v) is 4.84. The van der Waals surface area contributed by atoms with Crippen molar-refractivity contribution in [1.29, 1.82) is 0 Å². The highest BCUT2D eigenvalue weighted by Crippen LogP contribution is 2.33. The predicted octanol–water partition coefficient (Wildman–Crippen LogP) is 3.02. The Morgan fingerprint density at radius 2 is 2.00 bits per heavy atom. The zero-order chi connectivity index (χ0) is 20.4. The standard InChI is InChI=1S/C23H22N4O2/c1-27(2)11-10-25-22(28)19-14-15(12-16-6-5-9-24-21(16)19)13-18-17-7-3-4-8-20(17)26-23(18)29/h3-9,12-14H,10-11H2,1-2H3,(H,25,28)(H,26,29)/b18-13+. The van der Waals surface area contributed by atoms with Crippen molar-refractivity contribution in [2.24, 2.45) is 0 Å². The number of nitrogens with one attached hydrogen (secondary N) is 2. The molecule has 0 bridgehead atoms. The van der Waals surface area contributed by atoms with Gasteiger partial charge in [-0.1, -0.05) is 24.3 Å². The lowest BCUT2D eigenvalue weighted by atomic mass is 10.00. The molecule has 2 heterocycles. The van der Waals surface area contributed by atoms with Crippen LogP contribution in [-0.2, 0) is 4.79 Å². The molecule has 0 saturated heterocycles. The van der Waals surface area contributed by atoms with E-state index in [1.165, 1.54) is 0 Å². The number of hydrogen-bond donors (Lipinski definition) is 2. The Hall–Kier alpha value is -3.51. The van der Waals surface area contributed by atoms with Gasteiger partial charge in [0.15, 0.2) is 0 Å². The highest BCUT2D eigenvalue weighted by atomic mass is 16.2. The molecular formula is C23H22N4O2. The van der Waals surface area contributed by atoms with Crippen LogP contribution in [0.1, 0.15) is 21.5 Å². The Morgan fingerprint density at radius 3 is 2.83 bits per heavy atom. The van der Waals surface area contributed by atoms with Gasteiger partial charge in [-0.3, -0.25) is 14.6 Å². The number of para-hydroxylation sites is 1. The van der Waals surface area contributed by atoms with Crippen LogP contribution in [0.4, 0.5) is 5.69 Å². The third-order valence-electron chi connectivity index (χ3n) is 4.84. The smallest absolute Gasteiger partial charge is 0.256 e. The number of fused-ring (bicyclic) bond motifs is 2. The molecule has 6 nitrogen and oxygen atoms in total. The molecular weight excluding hydrogens is 364 g/mol. The van der Waals surface area contributed by atoms with E-state index in [1.807, 2.05) is 67.5 Å². The number of nitrogens with zero attached hydrogens (tertiary/aromatic N) is 2. The first-order valence-electron chi connectivity index (χ1n) is 9.47. The summed E-state index contributed by atoms with van der Waals surface area (Å²) in [7, 11) is 3.92. The largest absolute Gasteiger partial charge is 0.351 e. The Balaban J connectivity index is 1.75. The normalized spacial score (nSPS) is 14.3. The van der Waals surface area contributed by atoms with Gasteiger partial charge in [0.1, 0.15) is 0 Å². The number of carbonyl (C=O) groups excluding carboxylic acids is 2. The van der Waals surface area contributed by atoms with Gasteiger partial charge in [0, 0.05) is 41.5 Å². The van der Waals surface area contributed by atoms with Gasteiger partial charge in [-0.25, -0.2) is 0 Å². The molecule has 2 aromatic carbocycles. The number of carbonyl (C=O) groups is 2. The number of rotatable bonds is 5. The molecule has 4 rings (SSSR count). The second kappa shape index (κ2) is 7.85. The summed E-state index contributed by atoms with van der Waals surface area (Å²) in [6.07, 6.45) is 3.50. The molecule has 1 aromatic heterocycles. The summed E-state index contributed by atoms with van der Waals surface area (Å²) in [6, 6.07) is 15.1. The highest BCUT2D eigenvalue weighted by Gasteiger charge is 2.23. The summed E-state index contributed by atoms with van der Waals surface area (Å²) in [5, 5.41) is 6.68. The van der Waals surface area contributed by atoms with Crippen molar-refractivity contribution >= 4 is 40.1 Å². The zero-order valence-corrected chi connectivity index (χ0v) is 16.4. The Bertz CT molecular complexity index is 1130. The van der Waals surface area contributed by atoms with E-state index in [-0.39, 0.29) is 11.8 Å². The topological polar surface area (TPSA) is 74.3 Å². The van der Waals surface area contributed by atoms with E-state index in [0.29, 0.717) is 23.2 Å². The van der Waals surface area contributed by atoms with E-state index in [0.717, 1.165) is 28.7 Å². The number of pyridine rings is 1. The number of amides is 2. The zero-order valence-electron chi connectivity index (χ0n) is 16.4. The molecule has 6 heteroatoms. The highest BCUT2D eigenvalue weighted by molar-refractivity contribution is 6.35. The molecule has 3 aromatic rings. The summed E-state index contributed by atoms with van der Waals surface area (Å²) in [5.41, 5.74) is 4.18. The molecule has 29 heavy (non-hydrogen) atoms. The van der Waals surface area contributed by atoms with Crippen LogP contribution < -0.4 is 10.6 Å². The molecule has 0 aliphatic carbocycles. The third kappa shape index (κ3) is 3.88. The number of hydrogen-bond acceptors (Lipinski definition) is 4. The van der Waals surface area contributed by atoms with Crippen LogP contribution in [0.3, 0.4) is 0 Å². The maximum Gasteiger partial charge on any atom is 0.256 e. The quantitative estimate of drug-likeness (QED) is 0.661. The van der Waals surface area contributed by atoms with Crippen molar-refractivity contribution in [2.75, 3.05) is 32.5 Å². The lowest BCUT2D eigenvalue weighted by Gasteiger charge is -2.12. The molecule has 0 saturated carbocycles. The molecule has 0 atom stereocenters. The number of anilines is 1. The Morgan fingerprint density at radius 1 is 1.17 bits per heavy atom. The minimum absolute atomic E-state index is 0.144. The second-order valence-electron chi connectivity index (χ2n) is 7.26. The molecule has 2 amide bonds. The molecule has 0 unspecified atom stereocenters. The molecule has 2 N–H and O–H groups in total. The number of benzene rings is 2. The maximum atomic E-state index is 12.8.